The molecule has 1 aliphatic rings. The van der Waals surface area contributed by atoms with Gasteiger partial charge in [0.15, 0.2) is 0 Å². The zero-order chi connectivity index (χ0) is 23.2. The van der Waals surface area contributed by atoms with E-state index in [1.807, 2.05) is 30.3 Å². The van der Waals surface area contributed by atoms with Crippen molar-refractivity contribution in [3.8, 4) is 0 Å². The quantitative estimate of drug-likeness (QED) is 0.602. The lowest BCUT2D eigenvalue weighted by Crippen LogP contribution is -2.47. The Kier molecular flexibility index (Phi) is 7.66. The molecule has 31 heavy (non-hydrogen) atoms. The van der Waals surface area contributed by atoms with Gasteiger partial charge in [-0.1, -0.05) is 41.9 Å². The lowest BCUT2D eigenvalue weighted by Gasteiger charge is -2.42. The second-order valence-corrected chi connectivity index (χ2v) is 7.33. The maximum Gasteiger partial charge on any atom is 0.490 e. The second-order valence-electron chi connectivity index (χ2n) is 6.95. The minimum Gasteiger partial charge on any atom is -0.481 e. The predicted molar refractivity (Wildman–Crippen MR) is 105 cm³/mol. The van der Waals surface area contributed by atoms with Crippen molar-refractivity contribution in [2.45, 2.75) is 43.9 Å². The van der Waals surface area contributed by atoms with Crippen molar-refractivity contribution < 1.29 is 33.0 Å². The molecule has 1 aromatic carbocycles. The number of carboxylic acid groups (broad SMARTS) is 2. The molecule has 3 rings (SSSR count). The first kappa shape index (κ1) is 24.2. The molecule has 0 amide bonds. The van der Waals surface area contributed by atoms with Crippen LogP contribution in [-0.4, -0.2) is 43.6 Å². The molecule has 0 bridgehead atoms. The van der Waals surface area contributed by atoms with E-state index < -0.39 is 29.2 Å². The molecule has 1 fully saturated rings. The Bertz CT molecular complexity index is 992. The Morgan fingerprint density at radius 3 is 2.23 bits per heavy atom. The number of benzene rings is 1. The van der Waals surface area contributed by atoms with Crippen molar-refractivity contribution in [3.05, 3.63) is 57.5 Å². The lowest BCUT2D eigenvalue weighted by atomic mass is 9.74. The van der Waals surface area contributed by atoms with Gasteiger partial charge in [0, 0.05) is 5.54 Å². The van der Waals surface area contributed by atoms with E-state index in [1.54, 1.807) is 0 Å². The number of nitrogens with one attached hydrogen (secondary N) is 1. The fourth-order valence-electron chi connectivity index (χ4n) is 2.95. The van der Waals surface area contributed by atoms with Crippen molar-refractivity contribution in [1.29, 1.82) is 0 Å². The summed E-state index contributed by atoms with van der Waals surface area (Å²) in [4.78, 5) is 32.4. The van der Waals surface area contributed by atoms with Crippen LogP contribution in [-0.2, 0) is 16.1 Å². The van der Waals surface area contributed by atoms with Gasteiger partial charge in [-0.3, -0.25) is 9.59 Å². The van der Waals surface area contributed by atoms with Crippen LogP contribution in [0.5, 0.6) is 0 Å². The van der Waals surface area contributed by atoms with Gasteiger partial charge >= 0.3 is 18.1 Å². The molecule has 2 aromatic rings. The van der Waals surface area contributed by atoms with Gasteiger partial charge in [0.2, 0.25) is 0 Å². The van der Waals surface area contributed by atoms with Crippen LogP contribution in [0.25, 0.3) is 0 Å². The van der Waals surface area contributed by atoms with Gasteiger partial charge < -0.3 is 15.5 Å². The van der Waals surface area contributed by atoms with Gasteiger partial charge in [0.25, 0.3) is 5.56 Å². The molecule has 0 unspecified atom stereocenters. The molecule has 8 nitrogen and oxygen atoms in total. The van der Waals surface area contributed by atoms with Crippen LogP contribution in [0.15, 0.2) is 41.3 Å². The van der Waals surface area contributed by atoms with E-state index in [9.17, 15) is 22.8 Å². The van der Waals surface area contributed by atoms with E-state index in [0.717, 1.165) is 24.8 Å². The van der Waals surface area contributed by atoms with Crippen molar-refractivity contribution in [2.75, 3.05) is 5.32 Å². The molecule has 0 radical (unpaired) electrons. The van der Waals surface area contributed by atoms with E-state index in [2.05, 4.69) is 10.4 Å². The molecule has 1 saturated carbocycles. The second kappa shape index (κ2) is 9.82. The van der Waals surface area contributed by atoms with Gasteiger partial charge in [0.05, 0.1) is 24.8 Å². The van der Waals surface area contributed by atoms with Gasteiger partial charge in [-0.05, 0) is 24.8 Å². The number of aromatic nitrogens is 2. The molecule has 1 heterocycles. The van der Waals surface area contributed by atoms with Gasteiger partial charge in [-0.25, -0.2) is 9.48 Å². The van der Waals surface area contributed by atoms with E-state index in [0.29, 0.717) is 12.2 Å². The van der Waals surface area contributed by atoms with Crippen LogP contribution in [0, 0.1) is 0 Å². The third-order valence-corrected chi connectivity index (χ3v) is 4.97. The maximum absolute atomic E-state index is 12.4. The first-order chi connectivity index (χ1) is 14.4. The van der Waals surface area contributed by atoms with Gasteiger partial charge in [-0.2, -0.15) is 18.3 Å². The first-order valence-corrected chi connectivity index (χ1v) is 9.41. The number of anilines is 1. The molecular weight excluding hydrogens is 443 g/mol. The van der Waals surface area contributed by atoms with Crippen molar-refractivity contribution >= 4 is 29.2 Å². The largest absolute Gasteiger partial charge is 0.490 e. The summed E-state index contributed by atoms with van der Waals surface area (Å²) in [6.45, 7) is 0.333. The summed E-state index contributed by atoms with van der Waals surface area (Å²) in [5.74, 6) is -3.63. The van der Waals surface area contributed by atoms with Crippen LogP contribution in [0.3, 0.4) is 0 Å². The first-order valence-electron chi connectivity index (χ1n) is 9.03. The Morgan fingerprint density at radius 2 is 1.77 bits per heavy atom. The number of carboxylic acids is 2. The van der Waals surface area contributed by atoms with E-state index in [-0.39, 0.29) is 11.4 Å². The zero-order valence-corrected chi connectivity index (χ0v) is 16.8. The number of hydrogen-bond acceptors (Lipinski definition) is 5. The number of hydrogen-bond donors (Lipinski definition) is 3. The highest BCUT2D eigenvalue weighted by Crippen LogP contribution is 2.39. The third-order valence-electron chi connectivity index (χ3n) is 4.60. The fraction of sp³-hybridized carbons (Fsp3) is 0.368. The van der Waals surface area contributed by atoms with Crippen molar-refractivity contribution in [1.82, 2.24) is 9.78 Å². The van der Waals surface area contributed by atoms with Crippen LogP contribution in [0.2, 0.25) is 5.02 Å². The fourth-order valence-corrected chi connectivity index (χ4v) is 3.14. The smallest absolute Gasteiger partial charge is 0.481 e. The Hall–Kier alpha value is -3.08. The summed E-state index contributed by atoms with van der Waals surface area (Å²) in [5.41, 5.74) is 0.419. The standard InChI is InChI=1S/C17H18ClN3O3.C2HF3O2/c18-15-13(20-17(7-4-8-17)9-14(22)23)10-19-21(16(15)24)11-12-5-2-1-3-6-12;3-2(4,5)1(6)7/h1-3,5-6,10,20H,4,7-9,11H2,(H,22,23);(H,6,7). The molecular formula is C19H19ClF3N3O5. The average Bonchev–Trinajstić information content (AvgIpc) is 2.66. The SMILES string of the molecule is O=C(O)C(F)(F)F.O=C(O)CC1(Nc2cnn(Cc3ccccc3)c(=O)c2Cl)CCC1. The minimum atomic E-state index is -5.08. The molecule has 0 saturated heterocycles. The van der Waals surface area contributed by atoms with Crippen LogP contribution >= 0.6 is 11.6 Å². The van der Waals surface area contributed by atoms with Crippen molar-refractivity contribution in [3.63, 3.8) is 0 Å². The van der Waals surface area contributed by atoms with Crippen molar-refractivity contribution in [2.24, 2.45) is 0 Å². The monoisotopic (exact) mass is 461 g/mol. The maximum atomic E-state index is 12.4. The summed E-state index contributed by atoms with van der Waals surface area (Å²) in [7, 11) is 0. The summed E-state index contributed by atoms with van der Waals surface area (Å²) in [5, 5.41) is 23.5. The summed E-state index contributed by atoms with van der Waals surface area (Å²) >= 11 is 6.21. The highest BCUT2D eigenvalue weighted by molar-refractivity contribution is 6.33. The van der Waals surface area contributed by atoms with E-state index in [1.165, 1.54) is 10.9 Å². The minimum absolute atomic E-state index is 0.00354. The summed E-state index contributed by atoms with van der Waals surface area (Å²) in [6.07, 6.45) is -1.16. The summed E-state index contributed by atoms with van der Waals surface area (Å²) < 4.78 is 33.0. The molecule has 168 valence electrons. The molecule has 1 aromatic heterocycles. The number of rotatable bonds is 6. The molecule has 0 spiro atoms. The third kappa shape index (κ3) is 6.71. The number of halogens is 4. The Balaban J connectivity index is 0.000000423. The lowest BCUT2D eigenvalue weighted by molar-refractivity contribution is -0.192. The highest BCUT2D eigenvalue weighted by atomic mass is 35.5. The Labute approximate surface area is 179 Å². The molecule has 0 aliphatic heterocycles. The highest BCUT2D eigenvalue weighted by Gasteiger charge is 2.40. The number of aliphatic carboxylic acids is 2. The summed E-state index contributed by atoms with van der Waals surface area (Å²) in [6, 6.07) is 9.50. The molecule has 0 atom stereocenters. The number of nitrogens with zero attached hydrogens (tertiary/aromatic N) is 2. The molecule has 1 aliphatic carbocycles. The number of alkyl halides is 3. The predicted octanol–water partition coefficient (Wildman–Crippen LogP) is 3.39. The topological polar surface area (TPSA) is 122 Å². The Morgan fingerprint density at radius 1 is 1.19 bits per heavy atom. The van der Waals surface area contributed by atoms with E-state index >= 15 is 0 Å². The van der Waals surface area contributed by atoms with Crippen LogP contribution in [0.4, 0.5) is 18.9 Å². The zero-order valence-electron chi connectivity index (χ0n) is 16.0. The number of carbonyl (C=O) groups is 2. The van der Waals surface area contributed by atoms with Gasteiger partial charge in [-0.15, -0.1) is 0 Å². The van der Waals surface area contributed by atoms with Crippen LogP contribution in [0.1, 0.15) is 31.2 Å². The van der Waals surface area contributed by atoms with Gasteiger partial charge in [0.1, 0.15) is 5.02 Å². The molecule has 12 heteroatoms. The molecule has 3 N–H and O–H groups in total. The van der Waals surface area contributed by atoms with E-state index in [4.69, 9.17) is 26.6 Å². The average molecular weight is 462 g/mol. The normalized spacial score (nSPS) is 14.6. The van der Waals surface area contributed by atoms with Crippen LogP contribution < -0.4 is 10.9 Å².